The molecule has 1 aromatic carbocycles. The fourth-order valence-corrected chi connectivity index (χ4v) is 3.40. The molecule has 0 fully saturated rings. The minimum Gasteiger partial charge on any atom is -0.541 e. The molecule has 0 spiro atoms. The van der Waals surface area contributed by atoms with Crippen LogP contribution in [0.15, 0.2) is 29.8 Å². The Hall–Kier alpha value is -1.66. The first-order valence-corrected chi connectivity index (χ1v) is 11.3. The molecule has 6 heteroatoms. The van der Waals surface area contributed by atoms with E-state index in [1.54, 1.807) is 30.8 Å². The third-order valence-electron chi connectivity index (χ3n) is 4.22. The highest BCUT2D eigenvalue weighted by atomic mass is 32.1. The van der Waals surface area contributed by atoms with Gasteiger partial charge in [0.1, 0.15) is 5.75 Å². The summed E-state index contributed by atoms with van der Waals surface area (Å²) in [7, 11) is -0.378. The lowest BCUT2D eigenvalue weighted by Crippen LogP contribution is -2.43. The zero-order valence-electron chi connectivity index (χ0n) is 14.5. The molecule has 0 saturated heterocycles. The maximum absolute atomic E-state index is 12.4. The zero-order chi connectivity index (χ0) is 17.3. The fourth-order valence-electron chi connectivity index (χ4n) is 1.78. The molecule has 4 nitrogen and oxygen atoms in total. The van der Waals surface area contributed by atoms with Crippen LogP contribution in [0.5, 0.6) is 11.5 Å². The Morgan fingerprint density at radius 1 is 1.22 bits per heavy atom. The topological polar surface area (TPSA) is 48.4 Å². The van der Waals surface area contributed by atoms with Crippen molar-refractivity contribution in [1.29, 1.82) is 0 Å². The molecule has 23 heavy (non-hydrogen) atoms. The van der Waals surface area contributed by atoms with Crippen LogP contribution in [0.3, 0.4) is 0 Å². The summed E-state index contributed by atoms with van der Waals surface area (Å²) in [5, 5.41) is 2.36. The first kappa shape index (κ1) is 17.7. The van der Waals surface area contributed by atoms with Crippen molar-refractivity contribution in [2.75, 3.05) is 7.11 Å². The highest BCUT2D eigenvalue weighted by Gasteiger charge is 2.39. The third-order valence-corrected chi connectivity index (χ3v) is 9.34. The Balaban J connectivity index is 2.32. The van der Waals surface area contributed by atoms with E-state index in [1.807, 2.05) is 6.07 Å². The smallest absolute Gasteiger partial charge is 0.250 e. The standard InChI is InChI=1S/C17H23NO3SSi/c1-17(2,3)23(5,6)21-13-8-7-12(11-14(13)20-4)15(19)16-18-9-10-22-16/h7-11H,1-6H3. The Labute approximate surface area is 142 Å². The normalized spacial score (nSPS) is 12.1. The van der Waals surface area contributed by atoms with E-state index in [1.165, 1.54) is 11.3 Å². The van der Waals surface area contributed by atoms with Crippen LogP contribution < -0.4 is 9.16 Å². The predicted octanol–water partition coefficient (Wildman–Crippen LogP) is 4.77. The summed E-state index contributed by atoms with van der Waals surface area (Å²) in [5.41, 5.74) is 0.555. The first-order valence-electron chi connectivity index (χ1n) is 7.47. The van der Waals surface area contributed by atoms with Gasteiger partial charge in [0, 0.05) is 17.1 Å². The van der Waals surface area contributed by atoms with Crippen molar-refractivity contribution >= 4 is 25.4 Å². The molecule has 0 unspecified atom stereocenters. The first-order chi connectivity index (χ1) is 10.7. The minimum atomic E-state index is -1.97. The van der Waals surface area contributed by atoms with Crippen molar-refractivity contribution in [3.63, 3.8) is 0 Å². The van der Waals surface area contributed by atoms with Crippen molar-refractivity contribution in [3.8, 4) is 11.5 Å². The minimum absolute atomic E-state index is 0.0907. The fraction of sp³-hybridized carbons (Fsp3) is 0.412. The number of methoxy groups -OCH3 is 1. The Kier molecular flexibility index (Phi) is 4.96. The number of benzene rings is 1. The van der Waals surface area contributed by atoms with Crippen molar-refractivity contribution in [1.82, 2.24) is 4.98 Å². The second-order valence-corrected chi connectivity index (χ2v) is 12.5. The molecule has 1 aromatic heterocycles. The van der Waals surface area contributed by atoms with Gasteiger partial charge in [0.2, 0.25) is 5.78 Å². The van der Waals surface area contributed by atoms with Crippen LogP contribution in [0.25, 0.3) is 0 Å². The van der Waals surface area contributed by atoms with E-state index in [0.717, 1.165) is 0 Å². The van der Waals surface area contributed by atoms with E-state index >= 15 is 0 Å². The van der Waals surface area contributed by atoms with Crippen LogP contribution in [0.1, 0.15) is 36.1 Å². The largest absolute Gasteiger partial charge is 0.541 e. The Morgan fingerprint density at radius 3 is 2.43 bits per heavy atom. The molecule has 0 aliphatic carbocycles. The summed E-state index contributed by atoms with van der Waals surface area (Å²) in [6.45, 7) is 10.9. The molecule has 0 amide bonds. The van der Waals surface area contributed by atoms with E-state index in [0.29, 0.717) is 22.1 Å². The summed E-state index contributed by atoms with van der Waals surface area (Å²) in [6.07, 6.45) is 1.63. The molecule has 124 valence electrons. The number of carbonyl (C=O) groups excluding carboxylic acids is 1. The van der Waals surface area contributed by atoms with Gasteiger partial charge in [0.15, 0.2) is 10.8 Å². The molecule has 0 aliphatic rings. The van der Waals surface area contributed by atoms with Crippen LogP contribution in [-0.2, 0) is 0 Å². The van der Waals surface area contributed by atoms with Crippen LogP contribution in [-0.4, -0.2) is 26.2 Å². The number of thiazole rings is 1. The number of nitrogens with zero attached hydrogens (tertiary/aromatic N) is 1. The van der Waals surface area contributed by atoms with E-state index in [9.17, 15) is 4.79 Å². The van der Waals surface area contributed by atoms with Crippen molar-refractivity contribution in [2.24, 2.45) is 0 Å². The molecule has 1 heterocycles. The number of ketones is 1. The van der Waals surface area contributed by atoms with Gasteiger partial charge < -0.3 is 9.16 Å². The molecule has 0 N–H and O–H groups in total. The molecule has 2 rings (SSSR count). The van der Waals surface area contributed by atoms with Gasteiger partial charge in [-0.3, -0.25) is 4.79 Å². The number of carbonyl (C=O) groups is 1. The van der Waals surface area contributed by atoms with E-state index in [-0.39, 0.29) is 10.8 Å². The highest BCUT2D eigenvalue weighted by Crippen LogP contribution is 2.40. The van der Waals surface area contributed by atoms with Gasteiger partial charge in [-0.2, -0.15) is 0 Å². The van der Waals surface area contributed by atoms with E-state index in [2.05, 4.69) is 38.8 Å². The van der Waals surface area contributed by atoms with Gasteiger partial charge in [-0.1, -0.05) is 20.8 Å². The van der Waals surface area contributed by atoms with Gasteiger partial charge in [-0.25, -0.2) is 4.98 Å². The third kappa shape index (κ3) is 3.82. The van der Waals surface area contributed by atoms with Crippen LogP contribution in [0, 0.1) is 0 Å². The molecular formula is C17H23NO3SSi. The maximum atomic E-state index is 12.4. The van der Waals surface area contributed by atoms with Crippen molar-refractivity contribution in [3.05, 3.63) is 40.3 Å². The molecular weight excluding hydrogens is 326 g/mol. The Bertz CT molecular complexity index is 690. The van der Waals surface area contributed by atoms with Gasteiger partial charge in [0.05, 0.1) is 7.11 Å². The summed E-state index contributed by atoms with van der Waals surface area (Å²) >= 11 is 1.33. The van der Waals surface area contributed by atoms with Crippen LogP contribution in [0.2, 0.25) is 18.1 Å². The van der Waals surface area contributed by atoms with Gasteiger partial charge in [0.25, 0.3) is 8.32 Å². The highest BCUT2D eigenvalue weighted by molar-refractivity contribution is 7.11. The molecule has 0 aliphatic heterocycles. The SMILES string of the molecule is COc1cc(C(=O)c2nccs2)ccc1O[Si](C)(C)C(C)(C)C. The van der Waals surface area contributed by atoms with Crippen LogP contribution >= 0.6 is 11.3 Å². The van der Waals surface area contributed by atoms with Gasteiger partial charge in [-0.15, -0.1) is 11.3 Å². The number of rotatable bonds is 5. The molecule has 2 aromatic rings. The average molecular weight is 350 g/mol. The molecule has 0 atom stereocenters. The maximum Gasteiger partial charge on any atom is 0.250 e. The predicted molar refractivity (Wildman–Crippen MR) is 96.4 cm³/mol. The number of hydrogen-bond acceptors (Lipinski definition) is 5. The quantitative estimate of drug-likeness (QED) is 0.576. The second-order valence-electron chi connectivity index (χ2n) is 6.89. The molecule has 0 radical (unpaired) electrons. The van der Waals surface area contributed by atoms with Gasteiger partial charge >= 0.3 is 0 Å². The number of ether oxygens (including phenoxy) is 1. The lowest BCUT2D eigenvalue weighted by atomic mass is 10.1. The zero-order valence-corrected chi connectivity index (χ0v) is 16.3. The summed E-state index contributed by atoms with van der Waals surface area (Å²) < 4.78 is 11.7. The van der Waals surface area contributed by atoms with E-state index in [4.69, 9.17) is 9.16 Å². The number of hydrogen-bond donors (Lipinski definition) is 0. The summed E-state index contributed by atoms with van der Waals surface area (Å²) in [5.74, 6) is 1.17. The number of aromatic nitrogens is 1. The molecule has 0 saturated carbocycles. The lowest BCUT2D eigenvalue weighted by molar-refractivity contribution is 0.103. The monoisotopic (exact) mass is 349 g/mol. The summed E-state index contributed by atoms with van der Waals surface area (Å²) in [6, 6.07) is 5.32. The average Bonchev–Trinajstić information content (AvgIpc) is 2.99. The van der Waals surface area contributed by atoms with Gasteiger partial charge in [-0.05, 0) is 36.3 Å². The summed E-state index contributed by atoms with van der Waals surface area (Å²) in [4.78, 5) is 16.5. The second kappa shape index (κ2) is 6.45. The van der Waals surface area contributed by atoms with Crippen LogP contribution in [0.4, 0.5) is 0 Å². The lowest BCUT2D eigenvalue weighted by Gasteiger charge is -2.36. The Morgan fingerprint density at radius 2 is 1.91 bits per heavy atom. The van der Waals surface area contributed by atoms with Crippen molar-refractivity contribution in [2.45, 2.75) is 38.9 Å². The van der Waals surface area contributed by atoms with E-state index < -0.39 is 8.32 Å². The van der Waals surface area contributed by atoms with Crippen molar-refractivity contribution < 1.29 is 14.0 Å². The molecule has 0 bridgehead atoms.